The molecule has 1 aliphatic heterocycles. The number of nitrogens with zero attached hydrogens (tertiary/aromatic N) is 2. The van der Waals surface area contributed by atoms with Gasteiger partial charge in [-0.3, -0.25) is 4.90 Å². The molecule has 8 heteroatoms. The Balaban J connectivity index is 1.86. The van der Waals surface area contributed by atoms with Gasteiger partial charge in [0.2, 0.25) is 0 Å². The zero-order valence-electron chi connectivity index (χ0n) is 17.8. The van der Waals surface area contributed by atoms with Gasteiger partial charge < -0.3 is 19.5 Å². The van der Waals surface area contributed by atoms with Gasteiger partial charge in [0.15, 0.2) is 0 Å². The number of carbonyl (C=O) groups is 3. The number of carboxylic acid groups (broad SMARTS) is 1. The monoisotopic (exact) mass is 426 g/mol. The topological polar surface area (TPSA) is 96.4 Å². The minimum Gasteiger partial charge on any atom is -0.478 e. The molecule has 8 nitrogen and oxygen atoms in total. The molecule has 0 fully saturated rings. The molecular weight excluding hydrogens is 400 g/mol. The van der Waals surface area contributed by atoms with Gasteiger partial charge in [-0.1, -0.05) is 36.4 Å². The van der Waals surface area contributed by atoms with E-state index in [0.717, 1.165) is 5.56 Å². The van der Waals surface area contributed by atoms with Crippen molar-refractivity contribution >= 4 is 23.8 Å². The molecule has 1 N–H and O–H groups in total. The summed E-state index contributed by atoms with van der Waals surface area (Å²) in [7, 11) is 0. The molecule has 0 aliphatic carbocycles. The smallest absolute Gasteiger partial charge is 0.414 e. The van der Waals surface area contributed by atoms with E-state index in [2.05, 4.69) is 0 Å². The molecule has 1 aliphatic rings. The molecule has 0 atom stereocenters. The fourth-order valence-electron chi connectivity index (χ4n) is 3.18. The van der Waals surface area contributed by atoms with Crippen LogP contribution in [0, 0.1) is 0 Å². The first-order valence-electron chi connectivity index (χ1n) is 9.96. The average Bonchev–Trinajstić information content (AvgIpc) is 2.91. The maximum Gasteiger partial charge on any atom is 0.414 e. The van der Waals surface area contributed by atoms with Crippen molar-refractivity contribution in [1.82, 2.24) is 4.90 Å². The minimum atomic E-state index is -1.10. The van der Waals surface area contributed by atoms with E-state index < -0.39 is 23.8 Å². The number of carboxylic acids is 1. The van der Waals surface area contributed by atoms with Gasteiger partial charge in [-0.2, -0.15) is 0 Å². The van der Waals surface area contributed by atoms with E-state index >= 15 is 0 Å². The summed E-state index contributed by atoms with van der Waals surface area (Å²) in [6, 6.07) is 13.7. The Labute approximate surface area is 181 Å². The van der Waals surface area contributed by atoms with Crippen LogP contribution in [-0.4, -0.2) is 46.9 Å². The highest BCUT2D eigenvalue weighted by atomic mass is 16.6. The molecule has 1 heterocycles. The lowest BCUT2D eigenvalue weighted by atomic mass is 10.1. The van der Waals surface area contributed by atoms with Gasteiger partial charge in [0.05, 0.1) is 17.8 Å². The molecule has 0 aromatic heterocycles. The number of hydrogen-bond acceptors (Lipinski definition) is 5. The van der Waals surface area contributed by atoms with E-state index in [1.165, 1.54) is 21.9 Å². The van der Waals surface area contributed by atoms with Crippen molar-refractivity contribution in [2.45, 2.75) is 39.5 Å². The average molecular weight is 426 g/mol. The van der Waals surface area contributed by atoms with Crippen LogP contribution >= 0.6 is 0 Å². The first kappa shape index (κ1) is 22.1. The van der Waals surface area contributed by atoms with Crippen molar-refractivity contribution in [2.75, 3.05) is 18.0 Å². The number of fused-ring (bicyclic) bond motifs is 1. The van der Waals surface area contributed by atoms with Crippen molar-refractivity contribution in [3.8, 4) is 0 Å². The second kappa shape index (κ2) is 9.07. The number of hydrogen-bond donors (Lipinski definition) is 1. The zero-order chi connectivity index (χ0) is 22.6. The summed E-state index contributed by atoms with van der Waals surface area (Å²) < 4.78 is 10.9. The molecule has 2 aromatic rings. The van der Waals surface area contributed by atoms with Crippen LogP contribution in [-0.2, 0) is 22.6 Å². The molecule has 0 spiro atoms. The molecule has 0 saturated carbocycles. The van der Waals surface area contributed by atoms with E-state index in [1.54, 1.807) is 26.8 Å². The normalized spacial score (nSPS) is 13.8. The van der Waals surface area contributed by atoms with E-state index in [0.29, 0.717) is 11.3 Å². The van der Waals surface area contributed by atoms with Gasteiger partial charge in [-0.25, -0.2) is 14.4 Å². The maximum atomic E-state index is 12.9. The lowest BCUT2D eigenvalue weighted by molar-refractivity contribution is 0.0242. The van der Waals surface area contributed by atoms with Crippen LogP contribution in [0.3, 0.4) is 0 Å². The van der Waals surface area contributed by atoms with Crippen LogP contribution in [0.2, 0.25) is 0 Å². The molecule has 0 unspecified atom stereocenters. The number of carbonyl (C=O) groups excluding carboxylic acids is 2. The quantitative estimate of drug-likeness (QED) is 0.787. The zero-order valence-corrected chi connectivity index (χ0v) is 17.8. The number of ether oxygens (including phenoxy) is 2. The van der Waals surface area contributed by atoms with Crippen molar-refractivity contribution in [3.05, 3.63) is 65.2 Å². The van der Waals surface area contributed by atoms with Crippen LogP contribution in [0.1, 0.15) is 42.3 Å². The Morgan fingerprint density at radius 2 is 1.71 bits per heavy atom. The number of amides is 2. The summed E-state index contributed by atoms with van der Waals surface area (Å²) in [4.78, 5) is 39.8. The summed E-state index contributed by atoms with van der Waals surface area (Å²) in [6.07, 6.45) is -1.11. The first-order valence-corrected chi connectivity index (χ1v) is 9.96. The number of benzene rings is 2. The molecule has 0 radical (unpaired) electrons. The largest absolute Gasteiger partial charge is 0.478 e. The van der Waals surface area contributed by atoms with Crippen molar-refractivity contribution in [1.29, 1.82) is 0 Å². The summed E-state index contributed by atoms with van der Waals surface area (Å²) in [5.74, 6) is -1.10. The predicted molar refractivity (Wildman–Crippen MR) is 114 cm³/mol. The Bertz CT molecular complexity index is 968. The molecule has 0 saturated heterocycles. The van der Waals surface area contributed by atoms with Gasteiger partial charge in [0.1, 0.15) is 12.2 Å². The van der Waals surface area contributed by atoms with Gasteiger partial charge in [0, 0.05) is 13.1 Å². The lowest BCUT2D eigenvalue weighted by Crippen LogP contribution is -2.40. The Kier molecular flexibility index (Phi) is 6.48. The first-order chi connectivity index (χ1) is 14.6. The van der Waals surface area contributed by atoms with E-state index in [9.17, 15) is 19.5 Å². The highest BCUT2D eigenvalue weighted by molar-refractivity contribution is 5.94. The lowest BCUT2D eigenvalue weighted by Gasteiger charge is -2.26. The molecule has 2 amide bonds. The van der Waals surface area contributed by atoms with Crippen molar-refractivity contribution < 1.29 is 29.0 Å². The predicted octanol–water partition coefficient (Wildman–Crippen LogP) is 4.28. The third kappa shape index (κ3) is 5.75. The van der Waals surface area contributed by atoms with Crippen LogP contribution < -0.4 is 4.90 Å². The van der Waals surface area contributed by atoms with Gasteiger partial charge in [-0.15, -0.1) is 0 Å². The van der Waals surface area contributed by atoms with Gasteiger partial charge in [0.25, 0.3) is 0 Å². The van der Waals surface area contributed by atoms with Gasteiger partial charge >= 0.3 is 18.2 Å². The van der Waals surface area contributed by atoms with E-state index in [4.69, 9.17) is 9.47 Å². The number of aromatic carboxylic acids is 1. The Hall–Kier alpha value is -3.55. The van der Waals surface area contributed by atoms with Crippen molar-refractivity contribution in [2.24, 2.45) is 0 Å². The van der Waals surface area contributed by atoms with Crippen LogP contribution in [0.5, 0.6) is 0 Å². The van der Waals surface area contributed by atoms with Crippen LogP contribution in [0.15, 0.2) is 48.5 Å². The van der Waals surface area contributed by atoms with Crippen LogP contribution in [0.4, 0.5) is 15.3 Å². The van der Waals surface area contributed by atoms with E-state index in [-0.39, 0.29) is 31.8 Å². The molecule has 3 rings (SSSR count). The Morgan fingerprint density at radius 3 is 2.35 bits per heavy atom. The molecular formula is C23H26N2O6. The third-order valence-electron chi connectivity index (χ3n) is 4.65. The number of rotatable bonds is 3. The second-order valence-electron chi connectivity index (χ2n) is 8.24. The Morgan fingerprint density at radius 1 is 1.00 bits per heavy atom. The molecule has 31 heavy (non-hydrogen) atoms. The third-order valence-corrected chi connectivity index (χ3v) is 4.65. The fraction of sp³-hybridized carbons (Fsp3) is 0.348. The minimum absolute atomic E-state index is 0.0466. The highest BCUT2D eigenvalue weighted by Crippen LogP contribution is 2.28. The second-order valence-corrected chi connectivity index (χ2v) is 8.24. The standard InChI is InChI=1S/C23H26N2O6/c1-23(2,3)31-21(28)24-11-12-25(22(29)30-15-16-7-5-4-6-8-16)19-13-17(20(26)27)9-10-18(19)14-24/h4-10,13H,11-12,14-15H2,1-3H3,(H,26,27). The highest BCUT2D eigenvalue weighted by Gasteiger charge is 2.30. The summed E-state index contributed by atoms with van der Waals surface area (Å²) >= 11 is 0. The molecule has 164 valence electrons. The van der Waals surface area contributed by atoms with Crippen molar-refractivity contribution in [3.63, 3.8) is 0 Å². The van der Waals surface area contributed by atoms with Gasteiger partial charge in [-0.05, 0) is 44.0 Å². The molecule has 0 bridgehead atoms. The number of anilines is 1. The summed E-state index contributed by atoms with van der Waals surface area (Å²) in [5.41, 5.74) is 1.26. The van der Waals surface area contributed by atoms with Crippen LogP contribution in [0.25, 0.3) is 0 Å². The fourth-order valence-corrected chi connectivity index (χ4v) is 3.18. The summed E-state index contributed by atoms with van der Waals surface area (Å²) in [6.45, 7) is 5.97. The SMILES string of the molecule is CC(C)(C)OC(=O)N1CCN(C(=O)OCc2ccccc2)c2cc(C(=O)O)ccc2C1. The summed E-state index contributed by atoms with van der Waals surface area (Å²) in [5, 5.41) is 9.38. The molecule has 2 aromatic carbocycles. The maximum absolute atomic E-state index is 12.9. The van der Waals surface area contributed by atoms with E-state index in [1.807, 2.05) is 30.3 Å².